The number of hydrogen-bond donors (Lipinski definition) is 1. The molecule has 1 aliphatic heterocycles. The van der Waals surface area contributed by atoms with Gasteiger partial charge in [0.25, 0.3) is 0 Å². The highest BCUT2D eigenvalue weighted by Crippen LogP contribution is 2.46. The fourth-order valence-electron chi connectivity index (χ4n) is 3.09. The van der Waals surface area contributed by atoms with E-state index in [1.54, 1.807) is 0 Å². The number of nitrogens with one attached hydrogen (secondary N) is 1. The van der Waals surface area contributed by atoms with Crippen LogP contribution in [0, 0.1) is 12.8 Å². The van der Waals surface area contributed by atoms with Crippen molar-refractivity contribution in [1.82, 2.24) is 0 Å². The molecule has 0 fully saturated rings. The highest BCUT2D eigenvalue weighted by atomic mass is 14.9. The monoisotopic (exact) mass is 239 g/mol. The Morgan fingerprint density at radius 1 is 1.28 bits per heavy atom. The Balaban J connectivity index is 2.21. The number of hydrogen-bond acceptors (Lipinski definition) is 1. The maximum Gasteiger partial charge on any atom is 0.0425 e. The second-order valence-electron chi connectivity index (χ2n) is 6.21. The van der Waals surface area contributed by atoms with E-state index < -0.39 is 0 Å². The van der Waals surface area contributed by atoms with Crippen LogP contribution in [0.15, 0.2) is 41.6 Å². The fourth-order valence-corrected chi connectivity index (χ4v) is 3.09. The lowest BCUT2D eigenvalue weighted by Crippen LogP contribution is -2.32. The van der Waals surface area contributed by atoms with E-state index in [4.69, 9.17) is 0 Å². The predicted octanol–water partition coefficient (Wildman–Crippen LogP) is 4.55. The molecule has 1 heteroatoms. The Morgan fingerprint density at radius 3 is 2.83 bits per heavy atom. The molecule has 0 spiro atoms. The summed E-state index contributed by atoms with van der Waals surface area (Å²) in [5.74, 6) is 0.649. The van der Waals surface area contributed by atoms with Crippen molar-refractivity contribution >= 4 is 5.69 Å². The van der Waals surface area contributed by atoms with Crippen molar-refractivity contribution in [1.29, 1.82) is 0 Å². The summed E-state index contributed by atoms with van der Waals surface area (Å²) < 4.78 is 0. The van der Waals surface area contributed by atoms with Crippen LogP contribution in [-0.4, -0.2) is 0 Å². The van der Waals surface area contributed by atoms with E-state index in [0.29, 0.717) is 5.92 Å². The van der Waals surface area contributed by atoms with Crippen molar-refractivity contribution in [2.24, 2.45) is 5.92 Å². The topological polar surface area (TPSA) is 12.0 Å². The third-order valence-corrected chi connectivity index (χ3v) is 4.23. The molecule has 0 saturated carbocycles. The molecule has 0 saturated heterocycles. The molecule has 1 aliphatic carbocycles. The Kier molecular flexibility index (Phi) is 2.41. The second-order valence-corrected chi connectivity index (χ2v) is 6.21. The number of allylic oxidation sites excluding steroid dienone is 3. The first-order valence-electron chi connectivity index (χ1n) is 6.79. The summed E-state index contributed by atoms with van der Waals surface area (Å²) in [4.78, 5) is 0. The van der Waals surface area contributed by atoms with Gasteiger partial charge in [-0.2, -0.15) is 0 Å². The van der Waals surface area contributed by atoms with E-state index in [2.05, 4.69) is 63.4 Å². The fraction of sp³-hybridized carbons (Fsp3) is 0.412. The van der Waals surface area contributed by atoms with Crippen molar-refractivity contribution < 1.29 is 0 Å². The molecule has 0 aromatic heterocycles. The van der Waals surface area contributed by atoms with E-state index in [1.165, 1.54) is 28.1 Å². The van der Waals surface area contributed by atoms with Gasteiger partial charge in [-0.1, -0.05) is 50.6 Å². The van der Waals surface area contributed by atoms with Crippen LogP contribution in [0.25, 0.3) is 0 Å². The van der Waals surface area contributed by atoms with Crippen molar-refractivity contribution in [2.75, 3.05) is 5.32 Å². The molecule has 94 valence electrons. The SMILES string of the molecule is Cc1ccc2c(c1)C(C)(C)C1=CC(C)CC=C1N2. The van der Waals surface area contributed by atoms with Crippen LogP contribution in [0.1, 0.15) is 38.3 Å². The quantitative estimate of drug-likeness (QED) is 0.700. The third-order valence-electron chi connectivity index (χ3n) is 4.23. The Labute approximate surface area is 110 Å². The number of anilines is 1. The van der Waals surface area contributed by atoms with Crippen LogP contribution < -0.4 is 5.32 Å². The van der Waals surface area contributed by atoms with Crippen molar-refractivity contribution in [3.63, 3.8) is 0 Å². The Hall–Kier alpha value is -1.50. The molecule has 18 heavy (non-hydrogen) atoms. The van der Waals surface area contributed by atoms with E-state index >= 15 is 0 Å². The highest BCUT2D eigenvalue weighted by Gasteiger charge is 2.35. The summed E-state index contributed by atoms with van der Waals surface area (Å²) in [6.07, 6.45) is 5.93. The van der Waals surface area contributed by atoms with Gasteiger partial charge in [0, 0.05) is 16.8 Å². The minimum absolute atomic E-state index is 0.104. The van der Waals surface area contributed by atoms with Gasteiger partial charge in [0.2, 0.25) is 0 Å². The van der Waals surface area contributed by atoms with Gasteiger partial charge >= 0.3 is 0 Å². The van der Waals surface area contributed by atoms with Gasteiger partial charge in [-0.3, -0.25) is 0 Å². The van der Waals surface area contributed by atoms with Crippen LogP contribution in [0.2, 0.25) is 0 Å². The smallest absolute Gasteiger partial charge is 0.0425 e. The van der Waals surface area contributed by atoms with Crippen molar-refractivity contribution in [3.05, 3.63) is 52.7 Å². The molecule has 1 N–H and O–H groups in total. The molecule has 1 heterocycles. The zero-order valence-electron chi connectivity index (χ0n) is 11.7. The summed E-state index contributed by atoms with van der Waals surface area (Å²) in [5, 5.41) is 3.60. The molecule has 1 atom stereocenters. The number of rotatable bonds is 0. The Morgan fingerprint density at radius 2 is 2.06 bits per heavy atom. The number of benzene rings is 1. The zero-order valence-corrected chi connectivity index (χ0v) is 11.7. The lowest BCUT2D eigenvalue weighted by molar-refractivity contribution is 0.591. The lowest BCUT2D eigenvalue weighted by Gasteiger charge is -2.40. The van der Waals surface area contributed by atoms with Crippen LogP contribution in [0.3, 0.4) is 0 Å². The largest absolute Gasteiger partial charge is 0.355 e. The van der Waals surface area contributed by atoms with Gasteiger partial charge in [-0.25, -0.2) is 0 Å². The maximum absolute atomic E-state index is 3.60. The van der Waals surface area contributed by atoms with E-state index in [1.807, 2.05) is 0 Å². The molecular formula is C17H21N. The minimum Gasteiger partial charge on any atom is -0.355 e. The first-order valence-corrected chi connectivity index (χ1v) is 6.79. The maximum atomic E-state index is 3.60. The van der Waals surface area contributed by atoms with Crippen LogP contribution >= 0.6 is 0 Å². The summed E-state index contributed by atoms with van der Waals surface area (Å²) in [6, 6.07) is 6.71. The molecule has 2 aliphatic rings. The summed E-state index contributed by atoms with van der Waals surface area (Å²) >= 11 is 0. The first-order chi connectivity index (χ1) is 8.48. The third kappa shape index (κ3) is 1.61. The van der Waals surface area contributed by atoms with Gasteiger partial charge in [0.15, 0.2) is 0 Å². The van der Waals surface area contributed by atoms with Crippen LogP contribution in [0.5, 0.6) is 0 Å². The molecule has 1 unspecified atom stereocenters. The van der Waals surface area contributed by atoms with Crippen LogP contribution in [0.4, 0.5) is 5.69 Å². The highest BCUT2D eigenvalue weighted by molar-refractivity contribution is 5.70. The molecular weight excluding hydrogens is 218 g/mol. The normalized spacial score (nSPS) is 24.3. The van der Waals surface area contributed by atoms with E-state index in [-0.39, 0.29) is 5.41 Å². The first kappa shape index (κ1) is 11.6. The van der Waals surface area contributed by atoms with Gasteiger partial charge in [-0.15, -0.1) is 0 Å². The molecule has 1 nitrogen and oxygen atoms in total. The lowest BCUT2D eigenvalue weighted by atomic mass is 9.70. The Bertz CT molecular complexity index is 561. The average molecular weight is 239 g/mol. The second kappa shape index (κ2) is 3.74. The predicted molar refractivity (Wildman–Crippen MR) is 77.8 cm³/mol. The molecule has 0 bridgehead atoms. The van der Waals surface area contributed by atoms with Gasteiger partial charge < -0.3 is 5.32 Å². The minimum atomic E-state index is 0.104. The number of aryl methyl sites for hydroxylation is 1. The summed E-state index contributed by atoms with van der Waals surface area (Å²) in [7, 11) is 0. The van der Waals surface area contributed by atoms with Gasteiger partial charge in [0.05, 0.1) is 0 Å². The van der Waals surface area contributed by atoms with Crippen LogP contribution in [-0.2, 0) is 5.41 Å². The van der Waals surface area contributed by atoms with Gasteiger partial charge in [-0.05, 0) is 36.5 Å². The molecule has 3 rings (SSSR count). The van der Waals surface area contributed by atoms with Gasteiger partial charge in [0.1, 0.15) is 0 Å². The standard InChI is InChI=1S/C17H21N/c1-11-5-7-15-13(9-11)17(3,4)14-10-12(2)6-8-16(14)18-15/h5,7-10,12,18H,6H2,1-4H3. The average Bonchev–Trinajstić information content (AvgIpc) is 2.32. The van der Waals surface area contributed by atoms with E-state index in [0.717, 1.165) is 6.42 Å². The number of fused-ring (bicyclic) bond motifs is 2. The molecule has 1 aromatic rings. The van der Waals surface area contributed by atoms with Crippen molar-refractivity contribution in [2.45, 2.75) is 39.5 Å². The van der Waals surface area contributed by atoms with Crippen molar-refractivity contribution in [3.8, 4) is 0 Å². The van der Waals surface area contributed by atoms with E-state index in [9.17, 15) is 0 Å². The zero-order chi connectivity index (χ0) is 12.9. The molecule has 0 amide bonds. The molecule has 0 radical (unpaired) electrons. The summed E-state index contributed by atoms with van der Waals surface area (Å²) in [5.41, 5.74) is 6.89. The molecule has 1 aromatic carbocycles. The summed E-state index contributed by atoms with van der Waals surface area (Å²) in [6.45, 7) is 9.13.